The minimum Gasteiger partial charge on any atom is -0.484 e. The van der Waals surface area contributed by atoms with E-state index in [0.29, 0.717) is 26.9 Å². The fourth-order valence-electron chi connectivity index (χ4n) is 3.72. The predicted octanol–water partition coefficient (Wildman–Crippen LogP) is 3.01. The largest absolute Gasteiger partial charge is 0.484 e. The molecule has 1 atom stereocenters. The molecule has 212 valence electrons. The molecule has 2 aliphatic rings. The summed E-state index contributed by atoms with van der Waals surface area (Å²) in [5.41, 5.74) is -2.87. The number of nitrogens with zero attached hydrogens (tertiary/aromatic N) is 1. The predicted molar refractivity (Wildman–Crippen MR) is 131 cm³/mol. The van der Waals surface area contributed by atoms with Crippen LogP contribution in [-0.4, -0.2) is 64.5 Å². The van der Waals surface area contributed by atoms with E-state index in [2.05, 4.69) is 20.7 Å². The molecular weight excluding hydrogens is 548 g/mol. The highest BCUT2D eigenvalue weighted by Gasteiger charge is 2.51. The van der Waals surface area contributed by atoms with E-state index in [1.807, 2.05) is 0 Å². The average Bonchev–Trinajstić information content (AvgIpc) is 2.80. The number of rotatable bonds is 7. The molecule has 3 N–H and O–H groups in total. The lowest BCUT2D eigenvalue weighted by atomic mass is 10.0. The Kier molecular flexibility index (Phi) is 7.67. The molecule has 0 aliphatic carbocycles. The van der Waals surface area contributed by atoms with Crippen LogP contribution in [0.2, 0.25) is 0 Å². The fourth-order valence-corrected chi connectivity index (χ4v) is 5.22. The van der Waals surface area contributed by atoms with Crippen LogP contribution in [0.4, 0.5) is 33.7 Å². The Balaban J connectivity index is 1.60. The molecule has 2 aromatic carbocycles. The Morgan fingerprint density at radius 3 is 2.38 bits per heavy atom. The molecule has 2 heterocycles. The molecule has 2 aromatic rings. The molecule has 4 rings (SSSR count). The van der Waals surface area contributed by atoms with Crippen LogP contribution in [0, 0.1) is 11.7 Å². The van der Waals surface area contributed by atoms with E-state index in [0.717, 1.165) is 28.6 Å². The average molecular weight is 575 g/mol. The van der Waals surface area contributed by atoms with Gasteiger partial charge in [-0.3, -0.25) is 14.4 Å². The van der Waals surface area contributed by atoms with E-state index >= 15 is 0 Å². The van der Waals surface area contributed by atoms with Crippen LogP contribution in [0.25, 0.3) is 0 Å². The second kappa shape index (κ2) is 10.5. The van der Waals surface area contributed by atoms with Gasteiger partial charge in [-0.05, 0) is 56.3 Å². The van der Waals surface area contributed by atoms with Crippen molar-refractivity contribution in [1.29, 1.82) is 0 Å². The Morgan fingerprint density at radius 1 is 1.13 bits per heavy atom. The first-order valence-corrected chi connectivity index (χ1v) is 13.3. The molecule has 0 aromatic heterocycles. The van der Waals surface area contributed by atoms with E-state index in [9.17, 15) is 35.6 Å². The number of carbonyl (C=O) groups is 2. The van der Waals surface area contributed by atoms with Crippen LogP contribution in [-0.2, 0) is 19.6 Å². The molecule has 1 fully saturated rings. The minimum absolute atomic E-state index is 0.0108. The van der Waals surface area contributed by atoms with Crippen LogP contribution in [0.15, 0.2) is 47.4 Å². The van der Waals surface area contributed by atoms with Crippen LogP contribution >= 0.6 is 0 Å². The molecule has 1 saturated heterocycles. The number of nitrogens with one attached hydrogen (secondary N) is 3. The smallest absolute Gasteiger partial charge is 0.427 e. The van der Waals surface area contributed by atoms with Crippen LogP contribution < -0.4 is 25.0 Å². The summed E-state index contributed by atoms with van der Waals surface area (Å²) in [4.78, 5) is 24.2. The molecule has 10 nitrogen and oxygen atoms in total. The second-order valence-electron chi connectivity index (χ2n) is 9.54. The third kappa shape index (κ3) is 6.19. The zero-order valence-corrected chi connectivity index (χ0v) is 21.7. The highest BCUT2D eigenvalue weighted by Crippen LogP contribution is 2.39. The van der Waals surface area contributed by atoms with Gasteiger partial charge in [0.15, 0.2) is 0 Å². The van der Waals surface area contributed by atoms with Gasteiger partial charge in [0, 0.05) is 18.8 Å². The summed E-state index contributed by atoms with van der Waals surface area (Å²) in [6.45, 7) is 2.16. The molecule has 2 aliphatic heterocycles. The van der Waals surface area contributed by atoms with Crippen molar-refractivity contribution in [3.05, 3.63) is 48.3 Å². The van der Waals surface area contributed by atoms with Crippen molar-refractivity contribution >= 4 is 33.4 Å². The normalized spacial score (nSPS) is 17.9. The SMILES string of the molecule is CC(C)(OC(=O)Nc1ccc2c(c1)N(S(=O)(=O)c1ccc(F)cc1)CC(CNC(=O)C1CNC1)O2)C(F)(F)F. The molecule has 0 spiro atoms. The van der Waals surface area contributed by atoms with Crippen LogP contribution in [0.3, 0.4) is 0 Å². The number of amides is 2. The van der Waals surface area contributed by atoms with Gasteiger partial charge in [-0.25, -0.2) is 17.6 Å². The van der Waals surface area contributed by atoms with E-state index in [-0.39, 0.29) is 46.9 Å². The van der Waals surface area contributed by atoms with Crippen molar-refractivity contribution in [3.8, 4) is 5.75 Å². The number of carbonyl (C=O) groups excluding carboxylic acids is 2. The summed E-state index contributed by atoms with van der Waals surface area (Å²) >= 11 is 0. The number of ether oxygens (including phenoxy) is 2. The first kappa shape index (κ1) is 28.4. The number of anilines is 2. The van der Waals surface area contributed by atoms with Gasteiger partial charge in [-0.1, -0.05) is 0 Å². The number of hydrogen-bond acceptors (Lipinski definition) is 7. The van der Waals surface area contributed by atoms with Crippen molar-refractivity contribution in [3.63, 3.8) is 0 Å². The van der Waals surface area contributed by atoms with Crippen molar-refractivity contribution in [2.75, 3.05) is 35.8 Å². The monoisotopic (exact) mass is 574 g/mol. The van der Waals surface area contributed by atoms with E-state index in [4.69, 9.17) is 4.74 Å². The molecule has 0 bridgehead atoms. The minimum atomic E-state index is -4.83. The Morgan fingerprint density at radius 2 is 1.79 bits per heavy atom. The molecule has 0 radical (unpaired) electrons. The van der Waals surface area contributed by atoms with Crippen molar-refractivity contribution in [2.24, 2.45) is 5.92 Å². The summed E-state index contributed by atoms with van der Waals surface area (Å²) in [5.74, 6) is -0.980. The zero-order valence-electron chi connectivity index (χ0n) is 20.8. The summed E-state index contributed by atoms with van der Waals surface area (Å²) in [6.07, 6.45) is -7.04. The molecule has 1 unspecified atom stereocenters. The zero-order chi connectivity index (χ0) is 28.6. The number of hydrogen-bond donors (Lipinski definition) is 3. The summed E-state index contributed by atoms with van der Waals surface area (Å²) < 4.78 is 91.2. The van der Waals surface area contributed by atoms with Gasteiger partial charge in [0.05, 0.1) is 29.6 Å². The van der Waals surface area contributed by atoms with Gasteiger partial charge in [0.2, 0.25) is 11.5 Å². The van der Waals surface area contributed by atoms with Gasteiger partial charge in [0.1, 0.15) is 17.7 Å². The van der Waals surface area contributed by atoms with E-state index in [1.54, 1.807) is 0 Å². The number of benzene rings is 2. The van der Waals surface area contributed by atoms with Crippen molar-refractivity contribution < 1.29 is 45.0 Å². The van der Waals surface area contributed by atoms with Gasteiger partial charge in [0.25, 0.3) is 10.0 Å². The maximum Gasteiger partial charge on any atom is 0.427 e. The molecule has 15 heteroatoms. The number of alkyl halides is 3. The lowest BCUT2D eigenvalue weighted by molar-refractivity contribution is -0.242. The first-order chi connectivity index (χ1) is 18.2. The number of sulfonamides is 1. The Bertz CT molecular complexity index is 1350. The first-order valence-electron chi connectivity index (χ1n) is 11.8. The molecule has 2 amide bonds. The number of halogens is 4. The lowest BCUT2D eigenvalue weighted by Gasteiger charge is -2.36. The third-order valence-electron chi connectivity index (χ3n) is 6.23. The van der Waals surface area contributed by atoms with Gasteiger partial charge in [-0.15, -0.1) is 0 Å². The lowest BCUT2D eigenvalue weighted by Crippen LogP contribution is -2.54. The Labute approximate surface area is 221 Å². The molecule has 39 heavy (non-hydrogen) atoms. The van der Waals surface area contributed by atoms with E-state index < -0.39 is 39.8 Å². The summed E-state index contributed by atoms with van der Waals surface area (Å²) in [7, 11) is -4.30. The quantitative estimate of drug-likeness (QED) is 0.434. The standard InChI is InChI=1S/C24H26F4N4O6S/c1-23(2,24(26,27)28)38-22(34)31-16-5-8-20-19(9-16)32(39(35,36)18-6-3-15(25)4-7-18)13-17(37-20)12-30-21(33)14-10-29-11-14/h3-9,14,17,29H,10-13H2,1-2H3,(H,30,33)(H,31,34). The highest BCUT2D eigenvalue weighted by atomic mass is 32.2. The van der Waals surface area contributed by atoms with Gasteiger partial charge >= 0.3 is 12.3 Å². The summed E-state index contributed by atoms with van der Waals surface area (Å²) in [5, 5.41) is 7.88. The van der Waals surface area contributed by atoms with E-state index in [1.165, 1.54) is 18.2 Å². The third-order valence-corrected chi connectivity index (χ3v) is 8.02. The second-order valence-corrected chi connectivity index (χ2v) is 11.4. The maximum atomic E-state index is 13.6. The fraction of sp³-hybridized carbons (Fsp3) is 0.417. The molecular formula is C24H26F4N4O6S. The summed E-state index contributed by atoms with van der Waals surface area (Å²) in [6, 6.07) is 7.95. The van der Waals surface area contributed by atoms with Crippen molar-refractivity contribution in [2.45, 2.75) is 36.6 Å². The molecule has 0 saturated carbocycles. The Hall–Kier alpha value is -3.59. The van der Waals surface area contributed by atoms with Gasteiger partial charge in [-0.2, -0.15) is 13.2 Å². The van der Waals surface area contributed by atoms with Gasteiger partial charge < -0.3 is 20.1 Å². The topological polar surface area (TPSA) is 126 Å². The highest BCUT2D eigenvalue weighted by molar-refractivity contribution is 7.92. The van der Waals surface area contributed by atoms with Crippen LogP contribution in [0.5, 0.6) is 5.75 Å². The van der Waals surface area contributed by atoms with Crippen LogP contribution in [0.1, 0.15) is 13.8 Å². The van der Waals surface area contributed by atoms with Crippen molar-refractivity contribution in [1.82, 2.24) is 10.6 Å². The maximum absolute atomic E-state index is 13.6. The number of fused-ring (bicyclic) bond motifs is 1.